The summed E-state index contributed by atoms with van der Waals surface area (Å²) in [6.07, 6.45) is 3.62. The Labute approximate surface area is 171 Å². The Balaban J connectivity index is 0.000000755. The van der Waals surface area contributed by atoms with Crippen LogP contribution in [0.3, 0.4) is 0 Å². The first kappa shape index (κ1) is 21.0. The second kappa shape index (κ2) is 10.2. The summed E-state index contributed by atoms with van der Waals surface area (Å²) in [5, 5.41) is 16.3. The van der Waals surface area contributed by atoms with Crippen molar-refractivity contribution >= 4 is 12.4 Å². The average molecular weight is 396 g/mol. The molecule has 0 radical (unpaired) electrons. The number of likely N-dealkylation sites (tertiary alicyclic amines) is 2. The van der Waals surface area contributed by atoms with Crippen LogP contribution in [0, 0.1) is 0 Å². The van der Waals surface area contributed by atoms with Gasteiger partial charge in [-0.2, -0.15) is 0 Å². The third kappa shape index (κ3) is 5.65. The van der Waals surface area contributed by atoms with Gasteiger partial charge in [-0.1, -0.05) is 42.8 Å². The number of aliphatic hydroxyl groups excluding tert-OH is 1. The molecule has 6 heteroatoms. The lowest BCUT2D eigenvalue weighted by Crippen LogP contribution is -2.53. The minimum atomic E-state index is -0.366. The van der Waals surface area contributed by atoms with Crippen molar-refractivity contribution in [2.75, 3.05) is 26.2 Å². The molecule has 29 heavy (non-hydrogen) atoms. The first-order chi connectivity index (χ1) is 14.1. The van der Waals surface area contributed by atoms with E-state index in [9.17, 15) is 9.90 Å². The molecule has 2 heterocycles. The van der Waals surface area contributed by atoms with Crippen molar-refractivity contribution in [3.63, 3.8) is 0 Å². The summed E-state index contributed by atoms with van der Waals surface area (Å²) in [7, 11) is 0. The van der Waals surface area contributed by atoms with E-state index in [4.69, 9.17) is 9.90 Å². The summed E-state index contributed by atoms with van der Waals surface area (Å²) in [6.45, 7) is 4.06. The molecule has 2 aromatic carbocycles. The molecule has 0 spiro atoms. The molecule has 0 unspecified atom stereocenters. The van der Waals surface area contributed by atoms with Crippen LogP contribution < -0.4 is 0 Å². The highest BCUT2D eigenvalue weighted by molar-refractivity contribution is 5.96. The van der Waals surface area contributed by atoms with Gasteiger partial charge in [0, 0.05) is 25.2 Å². The van der Waals surface area contributed by atoms with E-state index in [1.165, 1.54) is 37.9 Å². The van der Waals surface area contributed by atoms with Gasteiger partial charge in [-0.25, -0.2) is 0 Å². The van der Waals surface area contributed by atoms with Crippen LogP contribution in [-0.4, -0.2) is 64.7 Å². The Kier molecular flexibility index (Phi) is 7.38. The number of piperidine rings is 1. The fraction of sp³-hybridized carbons (Fsp3) is 0.391. The van der Waals surface area contributed by atoms with Crippen molar-refractivity contribution in [2.45, 2.75) is 31.9 Å². The molecule has 0 aromatic heterocycles. The predicted octanol–water partition coefficient (Wildman–Crippen LogP) is 2.86. The Morgan fingerprint density at radius 2 is 1.66 bits per heavy atom. The Morgan fingerprint density at radius 1 is 1.00 bits per heavy atom. The number of hydrogen-bond acceptors (Lipinski definition) is 4. The fourth-order valence-corrected chi connectivity index (χ4v) is 3.81. The van der Waals surface area contributed by atoms with Crippen LogP contribution in [-0.2, 0) is 11.3 Å². The lowest BCUT2D eigenvalue weighted by molar-refractivity contribution is -0.122. The molecular formula is C23H28N2O4. The second-order valence-electron chi connectivity index (χ2n) is 7.58. The smallest absolute Gasteiger partial charge is 0.290 e. The molecule has 6 nitrogen and oxygen atoms in total. The van der Waals surface area contributed by atoms with Gasteiger partial charge >= 0.3 is 0 Å². The lowest BCUT2D eigenvalue weighted by atomic mass is 10.00. The molecule has 154 valence electrons. The summed E-state index contributed by atoms with van der Waals surface area (Å²) in [5.74, 6) is -0.00105. The molecule has 4 rings (SSSR count). The van der Waals surface area contributed by atoms with E-state index in [1.54, 1.807) is 4.90 Å². The molecule has 2 fully saturated rings. The van der Waals surface area contributed by atoms with E-state index >= 15 is 0 Å². The number of β-amino-alcohol motifs (C(OH)–C–C–N with tert-alkyl or cyclic N) is 1. The molecule has 0 saturated carbocycles. The number of aliphatic hydroxyl groups is 1. The highest BCUT2D eigenvalue weighted by Gasteiger charge is 2.29. The largest absolute Gasteiger partial charge is 0.483 e. The lowest BCUT2D eigenvalue weighted by Gasteiger charge is -2.35. The predicted molar refractivity (Wildman–Crippen MR) is 112 cm³/mol. The maximum Gasteiger partial charge on any atom is 0.290 e. The van der Waals surface area contributed by atoms with E-state index in [2.05, 4.69) is 29.2 Å². The fourth-order valence-electron chi connectivity index (χ4n) is 3.81. The highest BCUT2D eigenvalue weighted by Crippen LogP contribution is 2.23. The van der Waals surface area contributed by atoms with E-state index in [0.717, 1.165) is 17.7 Å². The summed E-state index contributed by atoms with van der Waals surface area (Å²) >= 11 is 0. The van der Waals surface area contributed by atoms with Crippen LogP contribution >= 0.6 is 0 Å². The number of carboxylic acid groups (broad SMARTS) is 1. The Hall–Kier alpha value is -2.70. The van der Waals surface area contributed by atoms with Crippen LogP contribution in [0.5, 0.6) is 0 Å². The van der Waals surface area contributed by atoms with Gasteiger partial charge in [0.2, 0.25) is 0 Å². The first-order valence-electron chi connectivity index (χ1n) is 10.1. The Morgan fingerprint density at radius 3 is 2.28 bits per heavy atom. The van der Waals surface area contributed by atoms with Crippen LogP contribution in [0.1, 0.15) is 35.2 Å². The minimum Gasteiger partial charge on any atom is -0.483 e. The number of carbonyl (C=O) groups excluding carboxylic acids is 1. The number of amides is 1. The maximum absolute atomic E-state index is 12.4. The van der Waals surface area contributed by atoms with Gasteiger partial charge in [0.25, 0.3) is 12.4 Å². The molecule has 2 aliphatic heterocycles. The molecular weight excluding hydrogens is 368 g/mol. The summed E-state index contributed by atoms with van der Waals surface area (Å²) in [5.41, 5.74) is 4.22. The van der Waals surface area contributed by atoms with Crippen LogP contribution in [0.2, 0.25) is 0 Å². The number of benzene rings is 2. The zero-order chi connectivity index (χ0) is 20.6. The summed E-state index contributed by atoms with van der Waals surface area (Å²) in [6, 6.07) is 16.5. The number of hydrogen-bond donors (Lipinski definition) is 2. The van der Waals surface area contributed by atoms with Gasteiger partial charge < -0.3 is 15.1 Å². The molecule has 2 saturated heterocycles. The van der Waals surface area contributed by atoms with Crippen LogP contribution in [0.15, 0.2) is 48.5 Å². The van der Waals surface area contributed by atoms with Gasteiger partial charge in [0.15, 0.2) is 0 Å². The first-order valence-corrected chi connectivity index (χ1v) is 10.1. The van der Waals surface area contributed by atoms with E-state index < -0.39 is 0 Å². The summed E-state index contributed by atoms with van der Waals surface area (Å²) in [4.78, 5) is 25.0. The Bertz CT molecular complexity index is 810. The van der Waals surface area contributed by atoms with Crippen molar-refractivity contribution in [3.8, 4) is 11.1 Å². The quantitative estimate of drug-likeness (QED) is 0.777. The molecule has 0 aliphatic carbocycles. The van der Waals surface area contributed by atoms with Gasteiger partial charge in [-0.15, -0.1) is 0 Å². The number of carbonyl (C=O) groups is 2. The average Bonchev–Trinajstić information content (AvgIpc) is 2.73. The molecule has 2 aliphatic rings. The zero-order valence-electron chi connectivity index (χ0n) is 16.5. The molecule has 1 amide bonds. The summed E-state index contributed by atoms with van der Waals surface area (Å²) < 4.78 is 0. The number of rotatable bonds is 4. The van der Waals surface area contributed by atoms with Crippen LogP contribution in [0.4, 0.5) is 0 Å². The molecule has 2 aromatic rings. The monoisotopic (exact) mass is 396 g/mol. The van der Waals surface area contributed by atoms with Gasteiger partial charge in [-0.05, 0) is 54.8 Å². The normalized spacial score (nSPS) is 17.1. The van der Waals surface area contributed by atoms with Crippen molar-refractivity contribution in [1.29, 1.82) is 0 Å². The van der Waals surface area contributed by atoms with Gasteiger partial charge in [0.1, 0.15) is 0 Å². The third-order valence-corrected chi connectivity index (χ3v) is 5.40. The second-order valence-corrected chi connectivity index (χ2v) is 7.58. The molecule has 2 N–H and O–H groups in total. The highest BCUT2D eigenvalue weighted by atomic mass is 16.3. The van der Waals surface area contributed by atoms with Gasteiger partial charge in [-0.3, -0.25) is 14.5 Å². The van der Waals surface area contributed by atoms with Crippen molar-refractivity contribution in [3.05, 3.63) is 59.7 Å². The van der Waals surface area contributed by atoms with Crippen molar-refractivity contribution in [1.82, 2.24) is 9.80 Å². The minimum absolute atomic E-state index is 0.00105. The number of nitrogens with zero attached hydrogens (tertiary/aromatic N) is 2. The van der Waals surface area contributed by atoms with E-state index in [-0.39, 0.29) is 18.5 Å². The van der Waals surface area contributed by atoms with E-state index in [0.29, 0.717) is 18.7 Å². The van der Waals surface area contributed by atoms with Gasteiger partial charge in [0.05, 0.1) is 6.10 Å². The molecule has 0 atom stereocenters. The van der Waals surface area contributed by atoms with E-state index in [1.807, 2.05) is 24.3 Å². The van der Waals surface area contributed by atoms with Crippen molar-refractivity contribution in [2.24, 2.45) is 0 Å². The zero-order valence-corrected chi connectivity index (χ0v) is 16.5. The standard InChI is InChI=1S/C22H26N2O2.CH2O2/c25-21-15-24(16-21)22(26)20-6-4-5-19(13-20)18-9-7-17(8-10-18)14-23-11-2-1-3-12-23;2-1-3/h4-10,13,21,25H,1-3,11-12,14-16H2;1H,(H,2,3). The topological polar surface area (TPSA) is 81.1 Å². The van der Waals surface area contributed by atoms with Crippen LogP contribution in [0.25, 0.3) is 11.1 Å². The molecule has 0 bridgehead atoms. The van der Waals surface area contributed by atoms with Crippen molar-refractivity contribution < 1.29 is 19.8 Å². The SMILES string of the molecule is O=C(c1cccc(-c2ccc(CN3CCCCC3)cc2)c1)N1CC(O)C1.O=CO. The maximum atomic E-state index is 12.4. The third-order valence-electron chi connectivity index (χ3n) is 5.40.